The van der Waals surface area contributed by atoms with Gasteiger partial charge in [-0.1, -0.05) is 36.4 Å². The summed E-state index contributed by atoms with van der Waals surface area (Å²) in [6.45, 7) is 4.96. The number of carbonyl (C=O) groups is 1. The molecule has 126 valence electrons. The van der Waals surface area contributed by atoms with E-state index in [1.54, 1.807) is 25.3 Å². The molecule has 0 saturated carbocycles. The summed E-state index contributed by atoms with van der Waals surface area (Å²) in [5.74, 6) is 0.762. The largest absolute Gasteiger partial charge is 0.494 e. The van der Waals surface area contributed by atoms with Gasteiger partial charge in [-0.15, -0.1) is 0 Å². The summed E-state index contributed by atoms with van der Waals surface area (Å²) in [5, 5.41) is 0. The Bertz CT molecular complexity index is 676. The molecule has 0 N–H and O–H groups in total. The first kappa shape index (κ1) is 18.2. The van der Waals surface area contributed by atoms with E-state index in [1.807, 2.05) is 48.5 Å². The maximum atomic E-state index is 12.2. The topological polar surface area (TPSA) is 35.5 Å². The zero-order chi connectivity index (χ0) is 17.4. The third-order valence-corrected chi connectivity index (χ3v) is 6.40. The summed E-state index contributed by atoms with van der Waals surface area (Å²) >= 11 is 0. The second-order valence-corrected chi connectivity index (χ2v) is 10.6. The minimum Gasteiger partial charge on any atom is -0.494 e. The maximum absolute atomic E-state index is 12.2. The van der Waals surface area contributed by atoms with Crippen molar-refractivity contribution in [3.05, 3.63) is 71.8 Å². The normalized spacial score (nSPS) is 11.6. The van der Waals surface area contributed by atoms with Crippen molar-refractivity contribution in [3.63, 3.8) is 0 Å². The summed E-state index contributed by atoms with van der Waals surface area (Å²) in [6.07, 6.45) is 3.42. The Hall–Kier alpha value is -2.17. The van der Waals surface area contributed by atoms with Crippen molar-refractivity contribution in [2.24, 2.45) is 0 Å². The zero-order valence-corrected chi connectivity index (χ0v) is 15.5. The molecule has 0 fully saturated rings. The molecule has 0 heterocycles. The van der Waals surface area contributed by atoms with E-state index in [0.29, 0.717) is 12.2 Å². The molecule has 0 saturated heterocycles. The molecule has 0 amide bonds. The van der Waals surface area contributed by atoms with Crippen molar-refractivity contribution < 1.29 is 14.0 Å². The molecule has 2 aromatic rings. The Labute approximate surface area is 145 Å². The van der Waals surface area contributed by atoms with Crippen molar-refractivity contribution in [3.8, 4) is 5.75 Å². The van der Waals surface area contributed by atoms with E-state index in [4.69, 9.17) is 9.16 Å². The fourth-order valence-electron chi connectivity index (χ4n) is 2.06. The number of benzene rings is 2. The molecule has 24 heavy (non-hydrogen) atoms. The Balaban J connectivity index is 1.89. The predicted molar refractivity (Wildman–Crippen MR) is 101 cm³/mol. The number of ketones is 1. The van der Waals surface area contributed by atoms with E-state index in [9.17, 15) is 4.79 Å². The van der Waals surface area contributed by atoms with Gasteiger partial charge >= 0.3 is 0 Å². The van der Waals surface area contributed by atoms with E-state index < -0.39 is 8.32 Å². The minimum atomic E-state index is -1.59. The fourth-order valence-corrected chi connectivity index (χ4v) is 2.86. The highest BCUT2D eigenvalue weighted by Gasteiger charge is 2.20. The molecular weight excluding hydrogens is 316 g/mol. The summed E-state index contributed by atoms with van der Waals surface area (Å²) < 4.78 is 11.2. The van der Waals surface area contributed by atoms with Crippen LogP contribution in [0.4, 0.5) is 0 Å². The molecule has 3 nitrogen and oxygen atoms in total. The van der Waals surface area contributed by atoms with Gasteiger partial charge in [0, 0.05) is 18.7 Å². The predicted octanol–water partition coefficient (Wildman–Crippen LogP) is 4.81. The van der Waals surface area contributed by atoms with Gasteiger partial charge in [-0.05, 0) is 49.0 Å². The van der Waals surface area contributed by atoms with E-state index in [-0.39, 0.29) is 5.78 Å². The fraction of sp³-hybridized carbons (Fsp3) is 0.250. The Kier molecular flexibility index (Phi) is 6.52. The van der Waals surface area contributed by atoms with Gasteiger partial charge in [0.05, 0.1) is 6.61 Å². The van der Waals surface area contributed by atoms with Gasteiger partial charge in [0.2, 0.25) is 0 Å². The van der Waals surface area contributed by atoms with Crippen molar-refractivity contribution in [1.29, 1.82) is 0 Å². The summed E-state index contributed by atoms with van der Waals surface area (Å²) in [4.78, 5) is 12.2. The lowest BCUT2D eigenvalue weighted by atomic mass is 10.1. The maximum Gasteiger partial charge on any atom is 0.189 e. The molecule has 2 aromatic carbocycles. The first-order valence-electron chi connectivity index (χ1n) is 8.06. The van der Waals surface area contributed by atoms with Crippen molar-refractivity contribution in [2.45, 2.75) is 19.1 Å². The van der Waals surface area contributed by atoms with E-state index in [1.165, 1.54) is 0 Å². The van der Waals surface area contributed by atoms with Gasteiger partial charge in [-0.3, -0.25) is 4.79 Å². The van der Waals surface area contributed by atoms with Crippen LogP contribution >= 0.6 is 0 Å². The lowest BCUT2D eigenvalue weighted by Gasteiger charge is -2.19. The number of rotatable bonds is 8. The molecule has 2 rings (SSSR count). The van der Waals surface area contributed by atoms with Crippen LogP contribution in [0.15, 0.2) is 60.7 Å². The molecule has 0 aliphatic heterocycles. The first-order chi connectivity index (χ1) is 11.5. The molecule has 0 unspecified atom stereocenters. The van der Waals surface area contributed by atoms with Gasteiger partial charge in [0.25, 0.3) is 0 Å². The van der Waals surface area contributed by atoms with Crippen LogP contribution in [0, 0.1) is 0 Å². The molecule has 0 bridgehead atoms. The SMILES string of the molecule is CO[Si](C)(C)CCOc1ccc(C(=O)C=Cc2ccccc2)cc1. The smallest absolute Gasteiger partial charge is 0.189 e. The Morgan fingerprint density at radius 3 is 2.33 bits per heavy atom. The van der Waals surface area contributed by atoms with Crippen LogP contribution in [-0.4, -0.2) is 27.8 Å². The van der Waals surface area contributed by atoms with E-state index in [2.05, 4.69) is 13.1 Å². The molecule has 0 radical (unpaired) electrons. The third-order valence-electron chi connectivity index (χ3n) is 3.89. The van der Waals surface area contributed by atoms with Crippen LogP contribution < -0.4 is 4.74 Å². The molecule has 0 atom stereocenters. The van der Waals surface area contributed by atoms with E-state index in [0.717, 1.165) is 17.4 Å². The first-order valence-corrected chi connectivity index (χ1v) is 11.2. The van der Waals surface area contributed by atoms with E-state index >= 15 is 0 Å². The quantitative estimate of drug-likeness (QED) is 0.393. The van der Waals surface area contributed by atoms with Gasteiger partial charge < -0.3 is 9.16 Å². The van der Waals surface area contributed by atoms with Crippen molar-refractivity contribution in [1.82, 2.24) is 0 Å². The number of allylic oxidation sites excluding steroid dienone is 1. The van der Waals surface area contributed by atoms with Crippen LogP contribution in [0.25, 0.3) is 6.08 Å². The Morgan fingerprint density at radius 1 is 1.04 bits per heavy atom. The van der Waals surface area contributed by atoms with Crippen LogP contribution in [0.5, 0.6) is 5.75 Å². The zero-order valence-electron chi connectivity index (χ0n) is 14.5. The van der Waals surface area contributed by atoms with Gasteiger partial charge in [-0.2, -0.15) is 0 Å². The number of hydrogen-bond donors (Lipinski definition) is 0. The van der Waals surface area contributed by atoms with Crippen LogP contribution in [0.1, 0.15) is 15.9 Å². The van der Waals surface area contributed by atoms with Crippen LogP contribution in [-0.2, 0) is 4.43 Å². The lowest BCUT2D eigenvalue weighted by molar-refractivity contribution is 0.104. The molecule has 0 spiro atoms. The van der Waals surface area contributed by atoms with Gasteiger partial charge in [-0.25, -0.2) is 0 Å². The molecule has 0 aliphatic rings. The monoisotopic (exact) mass is 340 g/mol. The highest BCUT2D eigenvalue weighted by atomic mass is 28.4. The average Bonchev–Trinajstić information content (AvgIpc) is 2.61. The van der Waals surface area contributed by atoms with Crippen LogP contribution in [0.2, 0.25) is 19.1 Å². The molecule has 4 heteroatoms. The molecular formula is C20H24O3Si. The number of ether oxygens (including phenoxy) is 1. The van der Waals surface area contributed by atoms with Crippen LogP contribution in [0.3, 0.4) is 0 Å². The standard InChI is InChI=1S/C20H24O3Si/c1-22-24(2,3)16-15-23-19-12-10-18(11-13-19)20(21)14-9-17-7-5-4-6-8-17/h4-14H,15-16H2,1-3H3. The van der Waals surface area contributed by atoms with Crippen molar-refractivity contribution >= 4 is 20.2 Å². The van der Waals surface area contributed by atoms with Crippen molar-refractivity contribution in [2.75, 3.05) is 13.7 Å². The highest BCUT2D eigenvalue weighted by molar-refractivity contribution is 6.71. The molecule has 0 aromatic heterocycles. The average molecular weight is 340 g/mol. The minimum absolute atomic E-state index is 0.0154. The lowest BCUT2D eigenvalue weighted by Crippen LogP contribution is -2.30. The third kappa shape index (κ3) is 5.79. The second-order valence-electron chi connectivity index (χ2n) is 6.19. The molecule has 0 aliphatic carbocycles. The Morgan fingerprint density at radius 2 is 1.71 bits per heavy atom. The summed E-state index contributed by atoms with van der Waals surface area (Å²) in [7, 11) is 0.168. The number of hydrogen-bond acceptors (Lipinski definition) is 3. The summed E-state index contributed by atoms with van der Waals surface area (Å²) in [5.41, 5.74) is 1.66. The summed E-state index contributed by atoms with van der Waals surface area (Å²) in [6, 6.07) is 18.0. The van der Waals surface area contributed by atoms with Gasteiger partial charge in [0.15, 0.2) is 14.1 Å². The second kappa shape index (κ2) is 8.62. The number of carbonyl (C=O) groups excluding carboxylic acids is 1. The van der Waals surface area contributed by atoms with Gasteiger partial charge in [0.1, 0.15) is 5.75 Å². The highest BCUT2D eigenvalue weighted by Crippen LogP contribution is 2.16.